The summed E-state index contributed by atoms with van der Waals surface area (Å²) in [6, 6.07) is 16.8. The number of hydrogen-bond acceptors (Lipinski definition) is 4. The van der Waals surface area contributed by atoms with Crippen LogP contribution < -0.4 is 15.4 Å². The highest BCUT2D eigenvalue weighted by Gasteiger charge is 2.13. The first kappa shape index (κ1) is 26.4. The smallest absolute Gasteiger partial charge is 0.191 e. The van der Waals surface area contributed by atoms with E-state index in [1.807, 2.05) is 12.1 Å². The van der Waals surface area contributed by atoms with Crippen LogP contribution in [0.3, 0.4) is 0 Å². The lowest BCUT2D eigenvalue weighted by molar-refractivity contribution is 0.0341. The number of aliphatic imine (C=N–C) groups is 1. The van der Waals surface area contributed by atoms with Crippen LogP contribution in [-0.2, 0) is 24.4 Å². The van der Waals surface area contributed by atoms with Crippen molar-refractivity contribution in [3.63, 3.8) is 0 Å². The van der Waals surface area contributed by atoms with Crippen LogP contribution in [-0.4, -0.2) is 50.8 Å². The number of nitrogens with one attached hydrogen (secondary N) is 2. The summed E-state index contributed by atoms with van der Waals surface area (Å²) in [6.45, 7) is 11.0. The van der Waals surface area contributed by atoms with Gasteiger partial charge in [0.25, 0.3) is 0 Å². The third-order valence-corrected chi connectivity index (χ3v) is 5.23. The van der Waals surface area contributed by atoms with Crippen molar-refractivity contribution in [3.8, 4) is 5.75 Å². The summed E-state index contributed by atoms with van der Waals surface area (Å²) in [5.41, 5.74) is 3.81. The summed E-state index contributed by atoms with van der Waals surface area (Å²) in [6.07, 6.45) is 0. The molecule has 7 heteroatoms. The quantitative estimate of drug-likeness (QED) is 0.280. The number of morpholine rings is 1. The van der Waals surface area contributed by atoms with Gasteiger partial charge in [-0.25, -0.2) is 0 Å². The van der Waals surface area contributed by atoms with Gasteiger partial charge in [0, 0.05) is 39.8 Å². The first-order valence-corrected chi connectivity index (χ1v) is 11.2. The summed E-state index contributed by atoms with van der Waals surface area (Å²) in [7, 11) is 1.80. The molecule has 32 heavy (non-hydrogen) atoms. The second kappa shape index (κ2) is 14.3. The molecule has 1 heterocycles. The van der Waals surface area contributed by atoms with E-state index in [0.717, 1.165) is 63.3 Å². The van der Waals surface area contributed by atoms with Crippen molar-refractivity contribution in [1.82, 2.24) is 15.5 Å². The van der Waals surface area contributed by atoms with E-state index < -0.39 is 0 Å². The number of rotatable bonds is 9. The molecule has 0 amide bonds. The Kier molecular flexibility index (Phi) is 11.8. The third kappa shape index (κ3) is 8.96. The Hall–Kier alpha value is -1.84. The molecule has 1 aliphatic heterocycles. The lowest BCUT2D eigenvalue weighted by Gasteiger charge is -2.27. The molecule has 1 fully saturated rings. The van der Waals surface area contributed by atoms with E-state index in [1.165, 1.54) is 11.1 Å². The molecule has 6 nitrogen and oxygen atoms in total. The third-order valence-electron chi connectivity index (χ3n) is 5.23. The van der Waals surface area contributed by atoms with Crippen molar-refractivity contribution in [2.45, 2.75) is 33.5 Å². The predicted octanol–water partition coefficient (Wildman–Crippen LogP) is 4.04. The molecule has 176 valence electrons. The van der Waals surface area contributed by atoms with Crippen molar-refractivity contribution < 1.29 is 9.47 Å². The Morgan fingerprint density at radius 3 is 2.47 bits per heavy atom. The topological polar surface area (TPSA) is 58.1 Å². The van der Waals surface area contributed by atoms with Crippen LogP contribution in [0.25, 0.3) is 0 Å². The Bertz CT molecular complexity index is 838. The summed E-state index contributed by atoms with van der Waals surface area (Å²) in [5, 5.41) is 6.86. The zero-order valence-corrected chi connectivity index (χ0v) is 21.8. The fourth-order valence-corrected chi connectivity index (χ4v) is 3.48. The van der Waals surface area contributed by atoms with Gasteiger partial charge >= 0.3 is 0 Å². The molecule has 0 atom stereocenters. The number of ether oxygens (including phenoxy) is 2. The maximum atomic E-state index is 5.84. The van der Waals surface area contributed by atoms with E-state index in [2.05, 4.69) is 70.8 Å². The largest absolute Gasteiger partial charge is 0.493 e. The molecule has 0 spiro atoms. The minimum atomic E-state index is 0. The van der Waals surface area contributed by atoms with Gasteiger partial charge in [-0.1, -0.05) is 50.2 Å². The molecule has 0 aliphatic carbocycles. The van der Waals surface area contributed by atoms with Crippen molar-refractivity contribution in [1.29, 1.82) is 0 Å². The van der Waals surface area contributed by atoms with Gasteiger partial charge in [-0.15, -0.1) is 24.0 Å². The minimum Gasteiger partial charge on any atom is -0.493 e. The van der Waals surface area contributed by atoms with Crippen molar-refractivity contribution in [3.05, 3.63) is 65.2 Å². The van der Waals surface area contributed by atoms with Gasteiger partial charge in [-0.3, -0.25) is 9.89 Å². The highest BCUT2D eigenvalue weighted by Crippen LogP contribution is 2.15. The fraction of sp³-hybridized carbons (Fsp3) is 0.480. The molecule has 0 saturated carbocycles. The van der Waals surface area contributed by atoms with E-state index in [-0.39, 0.29) is 24.0 Å². The van der Waals surface area contributed by atoms with Gasteiger partial charge in [-0.05, 0) is 34.7 Å². The monoisotopic (exact) mass is 552 g/mol. The van der Waals surface area contributed by atoms with Crippen molar-refractivity contribution in [2.75, 3.05) is 40.0 Å². The van der Waals surface area contributed by atoms with Crippen molar-refractivity contribution in [2.24, 2.45) is 10.9 Å². The molecule has 0 unspecified atom stereocenters. The van der Waals surface area contributed by atoms with Crippen molar-refractivity contribution >= 4 is 29.9 Å². The van der Waals surface area contributed by atoms with Gasteiger partial charge in [0.15, 0.2) is 5.96 Å². The summed E-state index contributed by atoms with van der Waals surface area (Å²) >= 11 is 0. The Balaban J connectivity index is 0.00000363. The van der Waals surface area contributed by atoms with Crippen LogP contribution >= 0.6 is 24.0 Å². The van der Waals surface area contributed by atoms with Crippen LogP contribution in [0.2, 0.25) is 0 Å². The van der Waals surface area contributed by atoms with Crippen LogP contribution in [0, 0.1) is 5.92 Å². The summed E-state index contributed by atoms with van der Waals surface area (Å²) in [5.74, 6) is 2.21. The van der Waals surface area contributed by atoms with Gasteiger partial charge in [0.2, 0.25) is 0 Å². The zero-order valence-electron chi connectivity index (χ0n) is 19.5. The van der Waals surface area contributed by atoms with E-state index >= 15 is 0 Å². The number of halogens is 1. The number of guanidine groups is 1. The molecule has 1 saturated heterocycles. The van der Waals surface area contributed by atoms with Gasteiger partial charge in [0.1, 0.15) is 5.75 Å². The Morgan fingerprint density at radius 2 is 1.75 bits per heavy atom. The molecule has 0 bridgehead atoms. The normalized spacial score (nSPS) is 14.7. The average Bonchev–Trinajstić information content (AvgIpc) is 2.80. The molecule has 2 N–H and O–H groups in total. The van der Waals surface area contributed by atoms with Gasteiger partial charge in [-0.2, -0.15) is 0 Å². The van der Waals surface area contributed by atoms with E-state index in [4.69, 9.17) is 9.47 Å². The Morgan fingerprint density at radius 1 is 1.03 bits per heavy atom. The van der Waals surface area contributed by atoms with Crippen LogP contribution in [0.15, 0.2) is 53.5 Å². The number of benzene rings is 2. The number of nitrogens with zero attached hydrogens (tertiary/aromatic N) is 2. The number of hydrogen-bond donors (Lipinski definition) is 2. The zero-order chi connectivity index (χ0) is 21.9. The Labute approximate surface area is 209 Å². The SMILES string of the molecule is CN=C(NCc1cccc(OCC(C)C)c1)NCc1ccccc1CN1CCOCC1.I. The molecule has 1 aliphatic rings. The van der Waals surface area contributed by atoms with Gasteiger partial charge in [0.05, 0.1) is 19.8 Å². The first-order chi connectivity index (χ1) is 15.1. The molecule has 2 aromatic carbocycles. The molecular weight excluding hydrogens is 515 g/mol. The molecule has 3 rings (SSSR count). The molecule has 0 aromatic heterocycles. The highest BCUT2D eigenvalue weighted by atomic mass is 127. The average molecular weight is 553 g/mol. The molecule has 0 radical (unpaired) electrons. The lowest BCUT2D eigenvalue weighted by Crippen LogP contribution is -2.37. The highest BCUT2D eigenvalue weighted by molar-refractivity contribution is 14.0. The first-order valence-electron chi connectivity index (χ1n) is 11.2. The standard InChI is InChI=1S/C25H36N4O2.HI/c1-20(2)19-31-24-10-6-7-21(15-24)16-27-25(26-3)28-17-22-8-4-5-9-23(22)18-29-11-13-30-14-12-29;/h4-10,15,20H,11-14,16-19H2,1-3H3,(H2,26,27,28);1H. The second-order valence-corrected chi connectivity index (χ2v) is 8.29. The molecule has 2 aromatic rings. The maximum absolute atomic E-state index is 5.84. The molecular formula is C25H37IN4O2. The van der Waals surface area contributed by atoms with Crippen LogP contribution in [0.5, 0.6) is 5.75 Å². The second-order valence-electron chi connectivity index (χ2n) is 8.29. The van der Waals surface area contributed by atoms with E-state index in [9.17, 15) is 0 Å². The van der Waals surface area contributed by atoms with E-state index in [0.29, 0.717) is 12.5 Å². The van der Waals surface area contributed by atoms with Crippen LogP contribution in [0.4, 0.5) is 0 Å². The minimum absolute atomic E-state index is 0. The predicted molar refractivity (Wildman–Crippen MR) is 142 cm³/mol. The summed E-state index contributed by atoms with van der Waals surface area (Å²) < 4.78 is 11.3. The fourth-order valence-electron chi connectivity index (χ4n) is 3.48. The maximum Gasteiger partial charge on any atom is 0.191 e. The van der Waals surface area contributed by atoms with Crippen LogP contribution in [0.1, 0.15) is 30.5 Å². The lowest BCUT2D eigenvalue weighted by atomic mass is 10.1. The van der Waals surface area contributed by atoms with Gasteiger partial charge < -0.3 is 20.1 Å². The summed E-state index contributed by atoms with van der Waals surface area (Å²) in [4.78, 5) is 6.83. The van der Waals surface area contributed by atoms with E-state index in [1.54, 1.807) is 7.05 Å².